The van der Waals surface area contributed by atoms with E-state index in [1.165, 1.54) is 0 Å². The largest absolute Gasteiger partial charge is 0.379 e. The Labute approximate surface area is 104 Å². The molecule has 1 heterocycles. The number of rotatable bonds is 4. The normalized spacial score (nSPS) is 18.2. The summed E-state index contributed by atoms with van der Waals surface area (Å²) < 4.78 is 5.37. The Morgan fingerprint density at radius 3 is 2.38 bits per heavy atom. The van der Waals surface area contributed by atoms with E-state index < -0.39 is 0 Å². The molecule has 1 rings (SSSR count). The number of halogens is 1. The van der Waals surface area contributed by atoms with Gasteiger partial charge in [-0.2, -0.15) is 0 Å². The lowest BCUT2D eigenvalue weighted by molar-refractivity contribution is -0.127. The first-order chi connectivity index (χ1) is 6.95. The third kappa shape index (κ3) is 4.28. The van der Waals surface area contributed by atoms with Crippen LogP contribution >= 0.6 is 12.4 Å². The molecule has 1 saturated heterocycles. The minimum Gasteiger partial charge on any atom is -0.379 e. The molecular weight excluding hydrogens is 228 g/mol. The van der Waals surface area contributed by atoms with Gasteiger partial charge in [0, 0.05) is 26.7 Å². The third-order valence-corrected chi connectivity index (χ3v) is 2.86. The zero-order valence-corrected chi connectivity index (χ0v) is 11.3. The van der Waals surface area contributed by atoms with Crippen LogP contribution in [0.3, 0.4) is 0 Å². The molecule has 0 radical (unpaired) electrons. The Kier molecular flexibility index (Phi) is 6.30. The van der Waals surface area contributed by atoms with Crippen molar-refractivity contribution in [3.63, 3.8) is 0 Å². The Bertz CT molecular complexity index is 225. The lowest BCUT2D eigenvalue weighted by atomic mass is 9.89. The van der Waals surface area contributed by atoms with Crippen LogP contribution in [0.1, 0.15) is 20.8 Å². The zero-order valence-electron chi connectivity index (χ0n) is 10.5. The first-order valence-corrected chi connectivity index (χ1v) is 5.46. The van der Waals surface area contributed by atoms with Crippen LogP contribution in [0.4, 0.5) is 0 Å². The SMILES string of the molecule is COC(CNC(=O)C1CNC1)C(C)(C)C.Cl. The van der Waals surface area contributed by atoms with Crippen LogP contribution in [0.25, 0.3) is 0 Å². The monoisotopic (exact) mass is 250 g/mol. The number of hydrogen-bond acceptors (Lipinski definition) is 3. The summed E-state index contributed by atoms with van der Waals surface area (Å²) in [5.41, 5.74) is 0.0554. The van der Waals surface area contributed by atoms with Crippen LogP contribution in [0.2, 0.25) is 0 Å². The van der Waals surface area contributed by atoms with Crippen molar-refractivity contribution in [2.45, 2.75) is 26.9 Å². The molecule has 96 valence electrons. The van der Waals surface area contributed by atoms with Gasteiger partial charge in [0.2, 0.25) is 5.91 Å². The molecule has 0 saturated carbocycles. The van der Waals surface area contributed by atoms with Gasteiger partial charge in [-0.3, -0.25) is 4.79 Å². The lowest BCUT2D eigenvalue weighted by Gasteiger charge is -2.31. The molecule has 1 atom stereocenters. The average Bonchev–Trinajstić information content (AvgIpc) is 1.99. The van der Waals surface area contributed by atoms with E-state index in [2.05, 4.69) is 31.4 Å². The second-order valence-corrected chi connectivity index (χ2v) is 5.19. The maximum absolute atomic E-state index is 11.6. The van der Waals surface area contributed by atoms with E-state index in [1.807, 2.05) is 0 Å². The van der Waals surface area contributed by atoms with E-state index in [4.69, 9.17) is 4.74 Å². The van der Waals surface area contributed by atoms with E-state index in [0.717, 1.165) is 13.1 Å². The van der Waals surface area contributed by atoms with Gasteiger partial charge in [-0.05, 0) is 5.41 Å². The summed E-state index contributed by atoms with van der Waals surface area (Å²) in [7, 11) is 1.69. The van der Waals surface area contributed by atoms with Crippen molar-refractivity contribution in [3.05, 3.63) is 0 Å². The molecule has 0 aromatic carbocycles. The van der Waals surface area contributed by atoms with Crippen LogP contribution in [-0.4, -0.2) is 38.8 Å². The predicted octanol–water partition coefficient (Wildman–Crippen LogP) is 0.805. The standard InChI is InChI=1S/C11H22N2O2.ClH/c1-11(2,3)9(15-4)7-13-10(14)8-5-12-6-8;/h8-9,12H,5-7H2,1-4H3,(H,13,14);1H. The summed E-state index contributed by atoms with van der Waals surface area (Å²) in [5.74, 6) is 0.294. The molecule has 16 heavy (non-hydrogen) atoms. The highest BCUT2D eigenvalue weighted by Crippen LogP contribution is 2.21. The Morgan fingerprint density at radius 1 is 1.50 bits per heavy atom. The molecule has 0 aliphatic carbocycles. The molecular formula is C11H23ClN2O2. The molecule has 0 spiro atoms. The van der Waals surface area contributed by atoms with Crippen LogP contribution in [0.15, 0.2) is 0 Å². The number of nitrogens with one attached hydrogen (secondary N) is 2. The molecule has 0 aromatic rings. The molecule has 4 nitrogen and oxygen atoms in total. The highest BCUT2D eigenvalue weighted by atomic mass is 35.5. The van der Waals surface area contributed by atoms with Crippen molar-refractivity contribution in [3.8, 4) is 0 Å². The fraction of sp³-hybridized carbons (Fsp3) is 0.909. The minimum atomic E-state index is 0. The summed E-state index contributed by atoms with van der Waals surface area (Å²) in [6, 6.07) is 0. The highest BCUT2D eigenvalue weighted by Gasteiger charge is 2.28. The molecule has 0 aromatic heterocycles. The fourth-order valence-electron chi connectivity index (χ4n) is 1.55. The summed E-state index contributed by atoms with van der Waals surface area (Å²) >= 11 is 0. The van der Waals surface area contributed by atoms with Gasteiger partial charge in [0.1, 0.15) is 0 Å². The summed E-state index contributed by atoms with van der Waals surface area (Å²) in [5, 5.41) is 6.02. The summed E-state index contributed by atoms with van der Waals surface area (Å²) in [4.78, 5) is 11.6. The predicted molar refractivity (Wildman–Crippen MR) is 66.9 cm³/mol. The second-order valence-electron chi connectivity index (χ2n) is 5.19. The van der Waals surface area contributed by atoms with Crippen molar-refractivity contribution >= 4 is 18.3 Å². The molecule has 1 fully saturated rings. The number of hydrogen-bond donors (Lipinski definition) is 2. The van der Waals surface area contributed by atoms with Gasteiger partial charge in [-0.15, -0.1) is 12.4 Å². The van der Waals surface area contributed by atoms with E-state index >= 15 is 0 Å². The van der Waals surface area contributed by atoms with Crippen LogP contribution < -0.4 is 10.6 Å². The molecule has 2 N–H and O–H groups in total. The highest BCUT2D eigenvalue weighted by molar-refractivity contribution is 5.85. The Balaban J connectivity index is 0.00000225. The number of ether oxygens (including phenoxy) is 1. The molecule has 1 aliphatic rings. The average molecular weight is 251 g/mol. The van der Waals surface area contributed by atoms with Crippen molar-refractivity contribution in [2.24, 2.45) is 11.3 Å². The number of methoxy groups -OCH3 is 1. The molecule has 1 aliphatic heterocycles. The summed E-state index contributed by atoms with van der Waals surface area (Å²) in [6.45, 7) is 8.53. The van der Waals surface area contributed by atoms with Crippen LogP contribution in [0, 0.1) is 11.3 Å². The van der Waals surface area contributed by atoms with Gasteiger partial charge >= 0.3 is 0 Å². The minimum absolute atomic E-state index is 0. The lowest BCUT2D eigenvalue weighted by Crippen LogP contribution is -2.52. The van der Waals surface area contributed by atoms with E-state index in [-0.39, 0.29) is 35.8 Å². The van der Waals surface area contributed by atoms with E-state index in [9.17, 15) is 4.79 Å². The Hall–Kier alpha value is -0.320. The van der Waals surface area contributed by atoms with Gasteiger partial charge < -0.3 is 15.4 Å². The van der Waals surface area contributed by atoms with Gasteiger partial charge in [-0.1, -0.05) is 20.8 Å². The van der Waals surface area contributed by atoms with Gasteiger partial charge in [0.05, 0.1) is 12.0 Å². The van der Waals surface area contributed by atoms with Gasteiger partial charge in [0.25, 0.3) is 0 Å². The maximum Gasteiger partial charge on any atom is 0.225 e. The van der Waals surface area contributed by atoms with Crippen LogP contribution in [-0.2, 0) is 9.53 Å². The van der Waals surface area contributed by atoms with Gasteiger partial charge in [0.15, 0.2) is 0 Å². The first-order valence-electron chi connectivity index (χ1n) is 5.46. The molecule has 5 heteroatoms. The summed E-state index contributed by atoms with van der Waals surface area (Å²) in [6.07, 6.45) is 0.0643. The third-order valence-electron chi connectivity index (χ3n) is 2.86. The van der Waals surface area contributed by atoms with Crippen molar-refractivity contribution < 1.29 is 9.53 Å². The smallest absolute Gasteiger partial charge is 0.225 e. The number of carbonyl (C=O) groups is 1. The van der Waals surface area contributed by atoms with Crippen molar-refractivity contribution in [1.29, 1.82) is 0 Å². The first kappa shape index (κ1) is 15.7. The molecule has 1 unspecified atom stereocenters. The van der Waals surface area contributed by atoms with Gasteiger partial charge in [-0.25, -0.2) is 0 Å². The molecule has 0 bridgehead atoms. The van der Waals surface area contributed by atoms with E-state index in [0.29, 0.717) is 6.54 Å². The maximum atomic E-state index is 11.6. The second kappa shape index (κ2) is 6.42. The number of carbonyl (C=O) groups excluding carboxylic acids is 1. The Morgan fingerprint density at radius 2 is 2.06 bits per heavy atom. The molecule has 1 amide bonds. The van der Waals surface area contributed by atoms with E-state index in [1.54, 1.807) is 7.11 Å². The van der Waals surface area contributed by atoms with Crippen molar-refractivity contribution in [1.82, 2.24) is 10.6 Å². The zero-order chi connectivity index (χ0) is 11.5. The quantitative estimate of drug-likeness (QED) is 0.776. The topological polar surface area (TPSA) is 50.4 Å². The van der Waals surface area contributed by atoms with Crippen LogP contribution in [0.5, 0.6) is 0 Å². The number of amides is 1. The van der Waals surface area contributed by atoms with Crippen molar-refractivity contribution in [2.75, 3.05) is 26.7 Å². The fourth-order valence-corrected chi connectivity index (χ4v) is 1.55.